The molecule has 0 atom stereocenters. The highest BCUT2D eigenvalue weighted by atomic mass is 19.4. The number of nitriles is 1. The standard InChI is InChI=1S/C24H27F4N5/c25-21-22(30-13-17-3-1-16(2-4-17)11-12-29)31-15-32-23(21)33(20-9-10-20)14-18-5-7-19(8-6-18)24(26,27)28/h5-8,15-17,20H,1-4,9-11,13-14H2,(H,30,31,32). The largest absolute Gasteiger partial charge is 0.416 e. The first-order valence-corrected chi connectivity index (χ1v) is 11.4. The van der Waals surface area contributed by atoms with Crippen molar-refractivity contribution in [3.05, 3.63) is 47.5 Å². The number of hydrogen-bond acceptors (Lipinski definition) is 5. The Bertz CT molecular complexity index is 974. The summed E-state index contributed by atoms with van der Waals surface area (Å²) in [5.74, 6) is 0.662. The van der Waals surface area contributed by atoms with Crippen LogP contribution in [0.15, 0.2) is 30.6 Å². The molecule has 1 N–H and O–H groups in total. The van der Waals surface area contributed by atoms with Crippen molar-refractivity contribution in [1.29, 1.82) is 5.26 Å². The molecule has 0 spiro atoms. The van der Waals surface area contributed by atoms with Crippen molar-refractivity contribution in [2.75, 3.05) is 16.8 Å². The van der Waals surface area contributed by atoms with Gasteiger partial charge in [0.1, 0.15) is 6.33 Å². The summed E-state index contributed by atoms with van der Waals surface area (Å²) in [7, 11) is 0. The van der Waals surface area contributed by atoms with Gasteiger partial charge in [-0.2, -0.15) is 22.8 Å². The van der Waals surface area contributed by atoms with E-state index in [-0.39, 0.29) is 24.2 Å². The summed E-state index contributed by atoms with van der Waals surface area (Å²) in [5, 5.41) is 12.0. The van der Waals surface area contributed by atoms with Gasteiger partial charge in [-0.3, -0.25) is 0 Å². The zero-order valence-corrected chi connectivity index (χ0v) is 18.3. The Labute approximate surface area is 190 Å². The van der Waals surface area contributed by atoms with Crippen LogP contribution in [-0.4, -0.2) is 22.6 Å². The van der Waals surface area contributed by atoms with Gasteiger partial charge in [0.25, 0.3) is 0 Å². The maximum Gasteiger partial charge on any atom is 0.416 e. The van der Waals surface area contributed by atoms with Crippen molar-refractivity contribution < 1.29 is 17.6 Å². The molecule has 9 heteroatoms. The maximum absolute atomic E-state index is 15.3. The first kappa shape index (κ1) is 23.3. The van der Waals surface area contributed by atoms with E-state index in [2.05, 4.69) is 21.4 Å². The average molecular weight is 462 g/mol. The van der Waals surface area contributed by atoms with E-state index in [0.717, 1.165) is 50.7 Å². The summed E-state index contributed by atoms with van der Waals surface area (Å²) in [6.45, 7) is 0.883. The number of nitrogens with zero attached hydrogens (tertiary/aromatic N) is 4. The summed E-state index contributed by atoms with van der Waals surface area (Å²) in [6, 6.07) is 7.31. The van der Waals surface area contributed by atoms with Crippen LogP contribution in [0.1, 0.15) is 56.1 Å². The fourth-order valence-corrected chi connectivity index (χ4v) is 4.45. The zero-order chi connectivity index (χ0) is 23.4. The molecule has 4 rings (SSSR count). The minimum atomic E-state index is -4.39. The third-order valence-electron chi connectivity index (χ3n) is 6.57. The van der Waals surface area contributed by atoms with E-state index in [1.165, 1.54) is 18.5 Å². The molecule has 1 aromatic heterocycles. The van der Waals surface area contributed by atoms with Crippen LogP contribution >= 0.6 is 0 Å². The highest BCUT2D eigenvalue weighted by molar-refractivity contribution is 5.52. The molecule has 2 aliphatic carbocycles. The summed E-state index contributed by atoms with van der Waals surface area (Å²) in [5.41, 5.74) is -0.0397. The SMILES string of the molecule is N#CCC1CCC(CNc2ncnc(N(Cc3ccc(C(F)(F)F)cc3)C3CC3)c2F)CC1. The second-order valence-corrected chi connectivity index (χ2v) is 9.04. The van der Waals surface area contributed by atoms with Crippen LogP contribution in [0.5, 0.6) is 0 Å². The first-order chi connectivity index (χ1) is 15.8. The molecule has 0 aliphatic heterocycles. The normalized spacial score (nSPS) is 20.8. The number of aromatic nitrogens is 2. The van der Waals surface area contributed by atoms with E-state index < -0.39 is 17.6 Å². The third kappa shape index (κ3) is 5.92. The van der Waals surface area contributed by atoms with E-state index in [0.29, 0.717) is 30.4 Å². The molecule has 1 aromatic carbocycles. The lowest BCUT2D eigenvalue weighted by atomic mass is 9.81. The predicted molar refractivity (Wildman–Crippen MR) is 117 cm³/mol. The number of anilines is 2. The molecule has 0 saturated heterocycles. The number of hydrogen-bond donors (Lipinski definition) is 1. The molecule has 176 valence electrons. The smallest absolute Gasteiger partial charge is 0.367 e. The van der Waals surface area contributed by atoms with Gasteiger partial charge in [0.05, 0.1) is 11.6 Å². The van der Waals surface area contributed by atoms with Crippen LogP contribution in [0.25, 0.3) is 0 Å². The lowest BCUT2D eigenvalue weighted by Crippen LogP contribution is -2.28. The van der Waals surface area contributed by atoms with E-state index >= 15 is 4.39 Å². The Morgan fingerprint density at radius 2 is 1.67 bits per heavy atom. The van der Waals surface area contributed by atoms with Crippen LogP contribution in [0, 0.1) is 29.0 Å². The van der Waals surface area contributed by atoms with Crippen molar-refractivity contribution in [3.63, 3.8) is 0 Å². The molecular weight excluding hydrogens is 434 g/mol. The Morgan fingerprint density at radius 3 is 2.27 bits per heavy atom. The molecule has 0 bridgehead atoms. The minimum Gasteiger partial charge on any atom is -0.367 e. The number of benzene rings is 1. The average Bonchev–Trinajstić information content (AvgIpc) is 3.63. The second-order valence-electron chi connectivity index (χ2n) is 9.04. The maximum atomic E-state index is 15.3. The Morgan fingerprint density at radius 1 is 1.00 bits per heavy atom. The summed E-state index contributed by atoms with van der Waals surface area (Å²) < 4.78 is 53.9. The Kier molecular flexibility index (Phi) is 7.01. The highest BCUT2D eigenvalue weighted by Crippen LogP contribution is 2.36. The summed E-state index contributed by atoms with van der Waals surface area (Å²) >= 11 is 0. The Balaban J connectivity index is 1.42. The molecule has 0 radical (unpaired) electrons. The van der Waals surface area contributed by atoms with Crippen molar-refractivity contribution in [1.82, 2.24) is 9.97 Å². The molecule has 33 heavy (non-hydrogen) atoms. The van der Waals surface area contributed by atoms with Crippen molar-refractivity contribution in [2.45, 2.75) is 63.7 Å². The van der Waals surface area contributed by atoms with E-state index in [1.807, 2.05) is 4.90 Å². The monoisotopic (exact) mass is 461 g/mol. The van der Waals surface area contributed by atoms with Crippen LogP contribution in [0.4, 0.5) is 29.2 Å². The number of halogens is 4. The van der Waals surface area contributed by atoms with Gasteiger partial charge in [-0.05, 0) is 68.1 Å². The lowest BCUT2D eigenvalue weighted by molar-refractivity contribution is -0.137. The molecule has 2 saturated carbocycles. The van der Waals surface area contributed by atoms with Crippen molar-refractivity contribution in [3.8, 4) is 6.07 Å². The third-order valence-corrected chi connectivity index (χ3v) is 6.57. The molecule has 5 nitrogen and oxygen atoms in total. The quantitative estimate of drug-likeness (QED) is 0.493. The van der Waals surface area contributed by atoms with Crippen molar-refractivity contribution in [2.24, 2.45) is 11.8 Å². The number of nitrogens with one attached hydrogen (secondary N) is 1. The topological polar surface area (TPSA) is 64.8 Å². The molecule has 0 amide bonds. The minimum absolute atomic E-state index is 0.111. The van der Waals surface area contributed by atoms with E-state index in [4.69, 9.17) is 5.26 Å². The molecule has 0 unspecified atom stereocenters. The Hall–Kier alpha value is -2.89. The van der Waals surface area contributed by atoms with Crippen molar-refractivity contribution >= 4 is 11.6 Å². The van der Waals surface area contributed by atoms with E-state index in [9.17, 15) is 13.2 Å². The number of rotatable bonds is 8. The van der Waals surface area contributed by atoms with Crippen LogP contribution in [-0.2, 0) is 12.7 Å². The predicted octanol–water partition coefficient (Wildman–Crippen LogP) is 5.94. The van der Waals surface area contributed by atoms with Gasteiger partial charge in [-0.15, -0.1) is 0 Å². The van der Waals surface area contributed by atoms with E-state index in [1.54, 1.807) is 0 Å². The van der Waals surface area contributed by atoms with Gasteiger partial charge >= 0.3 is 6.18 Å². The molecule has 1 heterocycles. The van der Waals surface area contributed by atoms with Gasteiger partial charge < -0.3 is 10.2 Å². The van der Waals surface area contributed by atoms with Crippen LogP contribution in [0.3, 0.4) is 0 Å². The molecule has 2 fully saturated rings. The lowest BCUT2D eigenvalue weighted by Gasteiger charge is -2.28. The second kappa shape index (κ2) is 9.94. The fourth-order valence-electron chi connectivity index (χ4n) is 4.45. The first-order valence-electron chi connectivity index (χ1n) is 11.4. The molecule has 2 aromatic rings. The van der Waals surface area contributed by atoms with Gasteiger partial charge in [0.15, 0.2) is 11.6 Å². The van der Waals surface area contributed by atoms with Gasteiger partial charge in [-0.25, -0.2) is 9.97 Å². The fraction of sp³-hybridized carbons (Fsp3) is 0.542. The molecule has 2 aliphatic rings. The highest BCUT2D eigenvalue weighted by Gasteiger charge is 2.34. The van der Waals surface area contributed by atoms with Gasteiger partial charge in [0.2, 0.25) is 5.82 Å². The zero-order valence-electron chi connectivity index (χ0n) is 18.3. The van der Waals surface area contributed by atoms with Gasteiger partial charge in [0, 0.05) is 25.6 Å². The molecular formula is C24H27F4N5. The van der Waals surface area contributed by atoms with Crippen LogP contribution in [0.2, 0.25) is 0 Å². The summed E-state index contributed by atoms with van der Waals surface area (Å²) in [6.07, 6.45) is 3.34. The van der Waals surface area contributed by atoms with Crippen LogP contribution < -0.4 is 10.2 Å². The summed E-state index contributed by atoms with van der Waals surface area (Å²) in [4.78, 5) is 10.1. The van der Waals surface area contributed by atoms with Gasteiger partial charge in [-0.1, -0.05) is 12.1 Å². The number of alkyl halides is 3.